The van der Waals surface area contributed by atoms with Crippen LogP contribution in [0.3, 0.4) is 0 Å². The number of hydrogen-bond donors (Lipinski definition) is 0. The zero-order valence-electron chi connectivity index (χ0n) is 6.22. The molecule has 0 saturated heterocycles. The minimum absolute atomic E-state index is 0.534. The van der Waals surface area contributed by atoms with E-state index in [0.29, 0.717) is 13.1 Å². The second-order valence-electron chi connectivity index (χ2n) is 1.97. The molecule has 0 aliphatic heterocycles. The Morgan fingerprint density at radius 2 is 1.27 bits per heavy atom. The highest BCUT2D eigenvalue weighted by atomic mass is 15.1. The molecule has 0 aliphatic carbocycles. The molecule has 0 aliphatic rings. The third-order valence-electron chi connectivity index (χ3n) is 1.14. The first kappa shape index (κ1) is 9.62. The summed E-state index contributed by atoms with van der Waals surface area (Å²) in [5.41, 5.74) is 15.8. The normalized spacial score (nSPS) is 8.00. The van der Waals surface area contributed by atoms with Gasteiger partial charge in [0.2, 0.25) is 0 Å². The number of hydrogen-bond acceptors (Lipinski definition) is 2. The molecule has 0 aromatic rings. The van der Waals surface area contributed by atoms with Crippen LogP contribution in [0, 0.1) is 0 Å². The number of azide groups is 2. The molecule has 0 aromatic carbocycles. The quantitative estimate of drug-likeness (QED) is 0.243. The van der Waals surface area contributed by atoms with Crippen molar-refractivity contribution < 1.29 is 0 Å². The van der Waals surface area contributed by atoms with Gasteiger partial charge in [0.1, 0.15) is 0 Å². The van der Waals surface area contributed by atoms with E-state index < -0.39 is 0 Å². The smallest absolute Gasteiger partial charge is 0.0257 e. The molecule has 60 valence electrons. The molecule has 0 rings (SSSR count). The maximum absolute atomic E-state index is 7.90. The number of rotatable bonds is 6. The van der Waals surface area contributed by atoms with Gasteiger partial charge in [-0.1, -0.05) is 16.6 Å². The van der Waals surface area contributed by atoms with Crippen molar-refractivity contribution in [2.75, 3.05) is 13.1 Å². The van der Waals surface area contributed by atoms with E-state index in [1.165, 1.54) is 0 Å². The van der Waals surface area contributed by atoms with Crippen LogP contribution in [0.5, 0.6) is 0 Å². The second-order valence-corrected chi connectivity index (χ2v) is 1.97. The van der Waals surface area contributed by atoms with Crippen LogP contribution in [0.1, 0.15) is 19.3 Å². The van der Waals surface area contributed by atoms with Gasteiger partial charge in [-0.25, -0.2) is 0 Å². The Bertz CT molecular complexity index is 155. The van der Waals surface area contributed by atoms with Crippen LogP contribution in [-0.4, -0.2) is 13.1 Å². The van der Waals surface area contributed by atoms with Crippen molar-refractivity contribution in [1.29, 1.82) is 0 Å². The highest BCUT2D eigenvalue weighted by Crippen LogP contribution is 1.95. The minimum Gasteiger partial charge on any atom is -0.0940 e. The van der Waals surface area contributed by atoms with Gasteiger partial charge in [0.25, 0.3) is 0 Å². The first-order valence-electron chi connectivity index (χ1n) is 3.43. The van der Waals surface area contributed by atoms with Gasteiger partial charge >= 0.3 is 0 Å². The molecule has 0 aromatic heterocycles. The van der Waals surface area contributed by atoms with Crippen LogP contribution >= 0.6 is 0 Å². The first-order chi connectivity index (χ1) is 5.41. The molecular weight excluding hydrogens is 144 g/mol. The highest BCUT2D eigenvalue weighted by Gasteiger charge is 1.85. The minimum atomic E-state index is 0.534. The van der Waals surface area contributed by atoms with Gasteiger partial charge in [-0.05, 0) is 23.9 Å². The summed E-state index contributed by atoms with van der Waals surface area (Å²) >= 11 is 0. The Morgan fingerprint density at radius 3 is 1.64 bits per heavy atom. The Balaban J connectivity index is 3.02. The number of nitrogens with zero attached hydrogens (tertiary/aromatic N) is 6. The van der Waals surface area contributed by atoms with Crippen molar-refractivity contribution in [3.05, 3.63) is 20.9 Å². The van der Waals surface area contributed by atoms with Crippen LogP contribution in [-0.2, 0) is 0 Å². The van der Waals surface area contributed by atoms with Crippen LogP contribution in [0.2, 0.25) is 0 Å². The predicted molar refractivity (Wildman–Crippen MR) is 41.9 cm³/mol. The van der Waals surface area contributed by atoms with Gasteiger partial charge in [0, 0.05) is 22.9 Å². The topological polar surface area (TPSA) is 97.5 Å². The second kappa shape index (κ2) is 8.62. The molecule has 0 N–H and O–H groups in total. The fourth-order valence-corrected chi connectivity index (χ4v) is 0.631. The molecule has 6 heteroatoms. The molecule has 6 nitrogen and oxygen atoms in total. The molecule has 0 spiro atoms. The summed E-state index contributed by atoms with van der Waals surface area (Å²) in [7, 11) is 0. The third-order valence-corrected chi connectivity index (χ3v) is 1.14. The van der Waals surface area contributed by atoms with E-state index in [1.807, 2.05) is 0 Å². The highest BCUT2D eigenvalue weighted by molar-refractivity contribution is 4.51. The molecule has 0 radical (unpaired) electrons. The lowest BCUT2D eigenvalue weighted by Gasteiger charge is -1.91. The Labute approximate surface area is 64.5 Å². The van der Waals surface area contributed by atoms with Gasteiger partial charge in [-0.2, -0.15) is 0 Å². The van der Waals surface area contributed by atoms with E-state index in [4.69, 9.17) is 11.1 Å². The van der Waals surface area contributed by atoms with Gasteiger partial charge in [0.15, 0.2) is 0 Å². The molecular formula is C5H10N6. The summed E-state index contributed by atoms with van der Waals surface area (Å²) in [6, 6.07) is 0. The summed E-state index contributed by atoms with van der Waals surface area (Å²) in [5, 5.41) is 6.73. The van der Waals surface area contributed by atoms with Gasteiger partial charge in [-0.3, -0.25) is 0 Å². The van der Waals surface area contributed by atoms with Crippen molar-refractivity contribution in [1.82, 2.24) is 0 Å². The van der Waals surface area contributed by atoms with E-state index in [9.17, 15) is 0 Å². The van der Waals surface area contributed by atoms with Crippen LogP contribution in [0.25, 0.3) is 20.9 Å². The summed E-state index contributed by atoms with van der Waals surface area (Å²) in [6.45, 7) is 1.07. The van der Waals surface area contributed by atoms with E-state index in [2.05, 4.69) is 20.1 Å². The lowest BCUT2D eigenvalue weighted by atomic mass is 10.2. The van der Waals surface area contributed by atoms with Crippen molar-refractivity contribution in [3.63, 3.8) is 0 Å². The molecule has 0 fully saturated rings. The molecule has 0 atom stereocenters. The lowest BCUT2D eigenvalue weighted by molar-refractivity contribution is 0.692. The van der Waals surface area contributed by atoms with E-state index in [1.54, 1.807) is 0 Å². The third kappa shape index (κ3) is 8.62. The van der Waals surface area contributed by atoms with Gasteiger partial charge in [0.05, 0.1) is 0 Å². The van der Waals surface area contributed by atoms with Gasteiger partial charge in [-0.15, -0.1) is 0 Å². The predicted octanol–water partition coefficient (Wildman–Crippen LogP) is 2.78. The monoisotopic (exact) mass is 154 g/mol. The Hall–Kier alpha value is -1.38. The van der Waals surface area contributed by atoms with Crippen molar-refractivity contribution >= 4 is 0 Å². The lowest BCUT2D eigenvalue weighted by Crippen LogP contribution is -1.82. The van der Waals surface area contributed by atoms with Crippen LogP contribution in [0.15, 0.2) is 10.2 Å². The van der Waals surface area contributed by atoms with Gasteiger partial charge < -0.3 is 0 Å². The fraction of sp³-hybridized carbons (Fsp3) is 1.00. The van der Waals surface area contributed by atoms with Crippen molar-refractivity contribution in [3.8, 4) is 0 Å². The maximum Gasteiger partial charge on any atom is 0.0257 e. The molecule has 0 saturated carbocycles. The number of unbranched alkanes of at least 4 members (excludes halogenated alkanes) is 2. The van der Waals surface area contributed by atoms with Crippen molar-refractivity contribution in [2.45, 2.75) is 19.3 Å². The summed E-state index contributed by atoms with van der Waals surface area (Å²) in [4.78, 5) is 5.23. The van der Waals surface area contributed by atoms with E-state index in [-0.39, 0.29) is 0 Å². The summed E-state index contributed by atoms with van der Waals surface area (Å²) in [5.74, 6) is 0. The van der Waals surface area contributed by atoms with E-state index >= 15 is 0 Å². The zero-order chi connectivity index (χ0) is 8.36. The largest absolute Gasteiger partial charge is 0.0940 e. The summed E-state index contributed by atoms with van der Waals surface area (Å²) < 4.78 is 0. The average Bonchev–Trinajstić information content (AvgIpc) is 2.03. The fourth-order valence-electron chi connectivity index (χ4n) is 0.631. The Morgan fingerprint density at radius 1 is 0.818 bits per heavy atom. The molecule has 0 bridgehead atoms. The zero-order valence-corrected chi connectivity index (χ0v) is 6.22. The standard InChI is InChI=1S/C5H10N6/c6-10-8-4-2-1-3-5-9-11-7/h1-5H2. The van der Waals surface area contributed by atoms with Crippen LogP contribution < -0.4 is 0 Å². The first-order valence-corrected chi connectivity index (χ1v) is 3.43. The average molecular weight is 154 g/mol. The van der Waals surface area contributed by atoms with Crippen molar-refractivity contribution in [2.24, 2.45) is 10.2 Å². The molecule has 11 heavy (non-hydrogen) atoms. The Kier molecular flexibility index (Phi) is 7.54. The van der Waals surface area contributed by atoms with E-state index in [0.717, 1.165) is 19.3 Å². The maximum atomic E-state index is 7.90. The summed E-state index contributed by atoms with van der Waals surface area (Å²) in [6.07, 6.45) is 2.67. The SMILES string of the molecule is [N-]=[N+]=NCCCCCN=[N+]=[N-]. The molecule has 0 amide bonds. The molecule has 0 unspecified atom stereocenters. The van der Waals surface area contributed by atoms with Crippen LogP contribution in [0.4, 0.5) is 0 Å². The molecule has 0 heterocycles.